The van der Waals surface area contributed by atoms with Crippen molar-refractivity contribution in [3.05, 3.63) is 108 Å². The number of carbonyl (C=O) groups is 5. The van der Waals surface area contributed by atoms with Crippen molar-refractivity contribution in [3.63, 3.8) is 0 Å². The number of aliphatic hydroxyl groups is 1. The molecule has 0 saturated heterocycles. The molecule has 12 heteroatoms. The van der Waals surface area contributed by atoms with Crippen LogP contribution >= 0.6 is 0 Å². The second kappa shape index (κ2) is 21.3. The first-order valence-electron chi connectivity index (χ1n) is 18.0. The van der Waals surface area contributed by atoms with Crippen LogP contribution in [-0.4, -0.2) is 72.3 Å². The van der Waals surface area contributed by atoms with Crippen molar-refractivity contribution in [2.75, 3.05) is 7.11 Å². The van der Waals surface area contributed by atoms with E-state index < -0.39 is 66.0 Å². The Balaban J connectivity index is 1.81. The van der Waals surface area contributed by atoms with Gasteiger partial charge < -0.3 is 35.8 Å². The van der Waals surface area contributed by atoms with Crippen LogP contribution in [0.5, 0.6) is 0 Å². The van der Waals surface area contributed by atoms with Crippen molar-refractivity contribution >= 4 is 29.8 Å². The third kappa shape index (κ3) is 14.0. The summed E-state index contributed by atoms with van der Waals surface area (Å²) in [4.78, 5) is 65.5. The molecule has 286 valence electrons. The van der Waals surface area contributed by atoms with Gasteiger partial charge in [-0.2, -0.15) is 0 Å². The molecule has 5 N–H and O–H groups in total. The number of hydrogen-bond acceptors (Lipinski definition) is 8. The first-order valence-corrected chi connectivity index (χ1v) is 18.0. The Labute approximate surface area is 312 Å². The molecule has 3 aromatic carbocycles. The molecule has 0 saturated carbocycles. The van der Waals surface area contributed by atoms with E-state index in [1.807, 2.05) is 91.0 Å². The number of hydrogen-bond donors (Lipinski definition) is 5. The van der Waals surface area contributed by atoms with E-state index in [0.29, 0.717) is 0 Å². The molecule has 4 amide bonds. The van der Waals surface area contributed by atoms with Crippen molar-refractivity contribution in [1.82, 2.24) is 21.3 Å². The van der Waals surface area contributed by atoms with Gasteiger partial charge in [-0.25, -0.2) is 9.59 Å². The van der Waals surface area contributed by atoms with E-state index >= 15 is 0 Å². The molecule has 3 aromatic rings. The van der Waals surface area contributed by atoms with Crippen LogP contribution in [-0.2, 0) is 48.1 Å². The Morgan fingerprint density at radius 3 is 1.64 bits per heavy atom. The van der Waals surface area contributed by atoms with E-state index in [1.54, 1.807) is 27.7 Å². The number of carbonyl (C=O) groups excluding carboxylic acids is 5. The first-order chi connectivity index (χ1) is 25.3. The fourth-order valence-electron chi connectivity index (χ4n) is 5.87. The fourth-order valence-corrected chi connectivity index (χ4v) is 5.87. The summed E-state index contributed by atoms with van der Waals surface area (Å²) in [5, 5.41) is 23.0. The minimum absolute atomic E-state index is 0.0303. The number of alkyl carbamates (subject to hydrolysis) is 1. The maximum absolute atomic E-state index is 13.7. The Bertz CT molecular complexity index is 1600. The summed E-state index contributed by atoms with van der Waals surface area (Å²) >= 11 is 0. The van der Waals surface area contributed by atoms with E-state index in [2.05, 4.69) is 21.3 Å². The molecule has 53 heavy (non-hydrogen) atoms. The highest BCUT2D eigenvalue weighted by Crippen LogP contribution is 2.22. The SMILES string of the molecule is COC(=O)C(NC(=O)C(NC(=O)CC(Cc1ccccc1)C(O)[C@H](Cc1ccccc1)NC(=O)[C@H](C)NC(=O)OCc1ccccc1)C(C)C)C(C)C. The summed E-state index contributed by atoms with van der Waals surface area (Å²) < 4.78 is 10.1. The van der Waals surface area contributed by atoms with Crippen molar-refractivity contribution in [2.24, 2.45) is 17.8 Å². The molecule has 0 aliphatic heterocycles. The molecule has 12 nitrogen and oxygen atoms in total. The van der Waals surface area contributed by atoms with Crippen LogP contribution in [0.2, 0.25) is 0 Å². The standard InChI is InChI=1S/C41H54N4O8/c1-26(2)35(39(49)45-36(27(3)4)40(50)52-6)44-34(46)24-32(22-29-16-10-7-11-17-29)37(47)33(23-30-18-12-8-13-19-30)43-38(48)28(5)42-41(51)53-25-31-20-14-9-15-21-31/h7-21,26-28,32-33,35-37,47H,22-25H2,1-6H3,(H,42,51)(H,43,48)(H,44,46)(H,45,49)/t28-,32?,33-,35?,36?,37?/m0/s1. The molecule has 0 aromatic heterocycles. The monoisotopic (exact) mass is 730 g/mol. The Kier molecular flexibility index (Phi) is 17.0. The van der Waals surface area contributed by atoms with E-state index in [-0.39, 0.29) is 37.7 Å². The Morgan fingerprint density at radius 1 is 0.623 bits per heavy atom. The smallest absolute Gasteiger partial charge is 0.408 e. The number of nitrogens with one attached hydrogen (secondary N) is 4. The lowest BCUT2D eigenvalue weighted by Crippen LogP contribution is -2.56. The number of rotatable bonds is 19. The minimum Gasteiger partial charge on any atom is -0.467 e. The molecular formula is C41H54N4O8. The van der Waals surface area contributed by atoms with Gasteiger partial charge in [0.25, 0.3) is 0 Å². The van der Waals surface area contributed by atoms with Gasteiger partial charge in [-0.1, -0.05) is 119 Å². The molecule has 0 radical (unpaired) electrons. The van der Waals surface area contributed by atoms with Gasteiger partial charge in [-0.15, -0.1) is 0 Å². The largest absolute Gasteiger partial charge is 0.467 e. The third-order valence-electron chi connectivity index (χ3n) is 8.94. The second-order valence-electron chi connectivity index (χ2n) is 13.9. The lowest BCUT2D eigenvalue weighted by atomic mass is 9.84. The lowest BCUT2D eigenvalue weighted by molar-refractivity contribution is -0.146. The van der Waals surface area contributed by atoms with Gasteiger partial charge >= 0.3 is 12.1 Å². The van der Waals surface area contributed by atoms with E-state index in [9.17, 15) is 29.1 Å². The molecule has 0 fully saturated rings. The highest BCUT2D eigenvalue weighted by atomic mass is 16.5. The second-order valence-corrected chi connectivity index (χ2v) is 13.9. The lowest BCUT2D eigenvalue weighted by Gasteiger charge is -2.32. The summed E-state index contributed by atoms with van der Waals surface area (Å²) in [6.07, 6.45) is -1.68. The molecule has 6 atom stereocenters. The molecular weight excluding hydrogens is 676 g/mol. The molecule has 0 heterocycles. The highest BCUT2D eigenvalue weighted by molar-refractivity contribution is 5.91. The zero-order chi connectivity index (χ0) is 38.9. The van der Waals surface area contributed by atoms with Crippen molar-refractivity contribution < 1.29 is 38.6 Å². The average molecular weight is 731 g/mol. The Morgan fingerprint density at radius 2 is 1.13 bits per heavy atom. The fraction of sp³-hybridized carbons (Fsp3) is 0.439. The summed E-state index contributed by atoms with van der Waals surface area (Å²) in [5.41, 5.74) is 2.49. The number of aliphatic hydroxyl groups excluding tert-OH is 1. The first kappa shape index (κ1) is 42.2. The van der Waals surface area contributed by atoms with Gasteiger partial charge in [-0.05, 0) is 54.2 Å². The number of esters is 1. The minimum atomic E-state index is -1.24. The molecule has 4 unspecified atom stereocenters. The molecule has 0 bridgehead atoms. The molecule has 0 aliphatic rings. The van der Waals surface area contributed by atoms with Crippen LogP contribution in [0.4, 0.5) is 4.79 Å². The molecule has 0 aliphatic carbocycles. The van der Waals surface area contributed by atoms with E-state index in [1.165, 1.54) is 14.0 Å². The van der Waals surface area contributed by atoms with Crippen molar-refractivity contribution in [3.8, 4) is 0 Å². The van der Waals surface area contributed by atoms with Gasteiger partial charge in [-0.3, -0.25) is 14.4 Å². The maximum atomic E-state index is 13.7. The van der Waals surface area contributed by atoms with E-state index in [0.717, 1.165) is 16.7 Å². The zero-order valence-electron chi connectivity index (χ0n) is 31.4. The normalized spacial score (nSPS) is 14.5. The number of amides is 4. The van der Waals surface area contributed by atoms with Gasteiger partial charge in [0.1, 0.15) is 24.7 Å². The van der Waals surface area contributed by atoms with Gasteiger partial charge in [0.15, 0.2) is 0 Å². The van der Waals surface area contributed by atoms with Crippen molar-refractivity contribution in [1.29, 1.82) is 0 Å². The number of ether oxygens (including phenoxy) is 2. The third-order valence-corrected chi connectivity index (χ3v) is 8.94. The summed E-state index contributed by atoms with van der Waals surface area (Å²) in [5.74, 6) is -3.45. The van der Waals surface area contributed by atoms with Crippen LogP contribution in [0.25, 0.3) is 0 Å². The average Bonchev–Trinajstić information content (AvgIpc) is 3.14. The number of benzene rings is 3. The molecule has 3 rings (SSSR count). The van der Waals surface area contributed by atoms with Crippen LogP contribution in [0.1, 0.15) is 57.7 Å². The predicted octanol–water partition coefficient (Wildman–Crippen LogP) is 4.09. The van der Waals surface area contributed by atoms with Crippen molar-refractivity contribution in [2.45, 2.75) is 90.8 Å². The van der Waals surface area contributed by atoms with E-state index in [4.69, 9.17) is 9.47 Å². The van der Waals surface area contributed by atoms with Crippen LogP contribution in [0.3, 0.4) is 0 Å². The quantitative estimate of drug-likeness (QED) is 0.115. The highest BCUT2D eigenvalue weighted by Gasteiger charge is 2.35. The summed E-state index contributed by atoms with van der Waals surface area (Å²) in [6.45, 7) is 8.66. The van der Waals surface area contributed by atoms with Gasteiger partial charge in [0, 0.05) is 6.42 Å². The summed E-state index contributed by atoms with van der Waals surface area (Å²) in [6, 6.07) is 24.1. The maximum Gasteiger partial charge on any atom is 0.408 e. The van der Waals surface area contributed by atoms with Gasteiger partial charge in [0.05, 0.1) is 19.3 Å². The predicted molar refractivity (Wildman–Crippen MR) is 201 cm³/mol. The van der Waals surface area contributed by atoms with Crippen LogP contribution < -0.4 is 21.3 Å². The topological polar surface area (TPSA) is 172 Å². The number of methoxy groups -OCH3 is 1. The van der Waals surface area contributed by atoms with Crippen LogP contribution in [0, 0.1) is 17.8 Å². The Hall–Kier alpha value is -5.23. The van der Waals surface area contributed by atoms with Gasteiger partial charge in [0.2, 0.25) is 17.7 Å². The zero-order valence-corrected chi connectivity index (χ0v) is 31.4. The molecule has 0 spiro atoms. The summed E-state index contributed by atoms with van der Waals surface area (Å²) in [7, 11) is 1.25. The van der Waals surface area contributed by atoms with Crippen LogP contribution in [0.15, 0.2) is 91.0 Å².